The van der Waals surface area contributed by atoms with Gasteiger partial charge in [0.2, 0.25) is 5.13 Å². The first-order chi connectivity index (χ1) is 17.4. The second-order valence-electron chi connectivity index (χ2n) is 8.44. The number of thioether (sulfide) groups is 1. The molecule has 0 radical (unpaired) electrons. The molecule has 0 saturated carbocycles. The number of hydrogen-bond donors (Lipinski definition) is 1. The first-order valence-electron chi connectivity index (χ1n) is 11.2. The Morgan fingerprint density at radius 2 is 1.58 bits per heavy atom. The number of carbonyl (C=O) groups is 2. The highest BCUT2D eigenvalue weighted by molar-refractivity contribution is 8.00. The van der Waals surface area contributed by atoms with Crippen molar-refractivity contribution in [2.24, 2.45) is 0 Å². The number of benzene rings is 2. The lowest BCUT2D eigenvalue weighted by Crippen LogP contribution is -2.29. The van der Waals surface area contributed by atoms with Crippen molar-refractivity contribution in [3.8, 4) is 0 Å². The Kier molecular flexibility index (Phi) is 6.67. The summed E-state index contributed by atoms with van der Waals surface area (Å²) in [5.74, 6) is -1.05. The fourth-order valence-electron chi connectivity index (χ4n) is 3.95. The van der Waals surface area contributed by atoms with Gasteiger partial charge in [0.05, 0.1) is 11.6 Å². The highest BCUT2D eigenvalue weighted by atomic mass is 32.2. The Morgan fingerprint density at radius 3 is 2.25 bits per heavy atom. The molecule has 1 N–H and O–H groups in total. The van der Waals surface area contributed by atoms with Crippen LogP contribution in [0.4, 0.5) is 5.13 Å². The van der Waals surface area contributed by atoms with Crippen molar-refractivity contribution >= 4 is 45.7 Å². The maximum absolute atomic E-state index is 13.3. The highest BCUT2D eigenvalue weighted by Crippen LogP contribution is 2.44. The summed E-state index contributed by atoms with van der Waals surface area (Å²) < 4.78 is 0.685. The van der Waals surface area contributed by atoms with Crippen LogP contribution in [0.5, 0.6) is 0 Å². The van der Waals surface area contributed by atoms with Crippen molar-refractivity contribution in [1.82, 2.24) is 15.2 Å². The number of aromatic nitrogens is 3. The smallest absolute Gasteiger partial charge is 0.301 e. The topological polar surface area (TPSA) is 96.3 Å². The number of pyridine rings is 1. The van der Waals surface area contributed by atoms with E-state index in [9.17, 15) is 14.7 Å². The van der Waals surface area contributed by atoms with Gasteiger partial charge in [-0.25, -0.2) is 0 Å². The summed E-state index contributed by atoms with van der Waals surface area (Å²) in [6.45, 7) is 4.00. The number of aryl methyl sites for hydroxylation is 2. The summed E-state index contributed by atoms with van der Waals surface area (Å²) in [6.07, 6.45) is 3.04. The van der Waals surface area contributed by atoms with Gasteiger partial charge in [-0.05, 0) is 37.1 Å². The van der Waals surface area contributed by atoms with Crippen LogP contribution >= 0.6 is 23.1 Å². The van der Waals surface area contributed by atoms with Gasteiger partial charge in [-0.15, -0.1) is 10.2 Å². The number of rotatable bonds is 6. The molecule has 36 heavy (non-hydrogen) atoms. The van der Waals surface area contributed by atoms with Gasteiger partial charge in [-0.3, -0.25) is 19.5 Å². The molecule has 1 fully saturated rings. The summed E-state index contributed by atoms with van der Waals surface area (Å²) in [4.78, 5) is 31.8. The number of aliphatic hydroxyl groups excluding tert-OH is 1. The first-order valence-corrected chi connectivity index (χ1v) is 13.0. The summed E-state index contributed by atoms with van der Waals surface area (Å²) in [5.41, 5.74) is 4.50. The Bertz CT molecular complexity index is 1450. The van der Waals surface area contributed by atoms with Crippen molar-refractivity contribution in [2.45, 2.75) is 30.0 Å². The van der Waals surface area contributed by atoms with Gasteiger partial charge in [0.1, 0.15) is 5.76 Å². The van der Waals surface area contributed by atoms with Crippen LogP contribution in [0.2, 0.25) is 0 Å². The molecular formula is C27H22N4O3S2. The third kappa shape index (κ3) is 4.67. The molecule has 180 valence electrons. The predicted octanol–water partition coefficient (Wildman–Crippen LogP) is 5.47. The number of aliphatic hydroxyl groups is 1. The van der Waals surface area contributed by atoms with Crippen LogP contribution < -0.4 is 4.90 Å². The van der Waals surface area contributed by atoms with Crippen molar-refractivity contribution < 1.29 is 14.7 Å². The van der Waals surface area contributed by atoms with Crippen molar-refractivity contribution in [2.75, 3.05) is 4.90 Å². The summed E-state index contributed by atoms with van der Waals surface area (Å²) in [7, 11) is 0. The third-order valence-electron chi connectivity index (χ3n) is 5.88. The molecule has 2 aromatic carbocycles. The van der Waals surface area contributed by atoms with E-state index in [0.29, 0.717) is 26.4 Å². The fourth-order valence-corrected chi connectivity index (χ4v) is 5.77. The third-order valence-corrected chi connectivity index (χ3v) is 8.00. The van der Waals surface area contributed by atoms with Gasteiger partial charge in [-0.1, -0.05) is 82.8 Å². The van der Waals surface area contributed by atoms with Crippen LogP contribution in [0.3, 0.4) is 0 Å². The zero-order valence-electron chi connectivity index (χ0n) is 19.6. The van der Waals surface area contributed by atoms with Crippen LogP contribution in [0.25, 0.3) is 5.76 Å². The van der Waals surface area contributed by atoms with E-state index in [2.05, 4.69) is 39.4 Å². The van der Waals surface area contributed by atoms with E-state index in [1.807, 2.05) is 38.1 Å². The van der Waals surface area contributed by atoms with Crippen molar-refractivity contribution in [1.29, 1.82) is 0 Å². The SMILES string of the molecule is Cc1ccc(CSc2nnc(N3C(=O)C(=O)/C(=C(/O)c4ccncc4)C3c3ccc(C)cc3)s2)cc1. The summed E-state index contributed by atoms with van der Waals surface area (Å²) >= 11 is 2.77. The molecule has 2 aromatic heterocycles. The van der Waals surface area contributed by atoms with Crippen LogP contribution in [0.15, 0.2) is 83.0 Å². The maximum atomic E-state index is 13.3. The average molecular weight is 515 g/mol. The van der Waals surface area contributed by atoms with E-state index in [0.717, 1.165) is 11.1 Å². The lowest BCUT2D eigenvalue weighted by atomic mass is 9.95. The number of amides is 1. The molecule has 1 amide bonds. The van der Waals surface area contributed by atoms with Gasteiger partial charge < -0.3 is 5.11 Å². The largest absolute Gasteiger partial charge is 0.507 e. The zero-order valence-corrected chi connectivity index (χ0v) is 21.2. The predicted molar refractivity (Wildman–Crippen MR) is 141 cm³/mol. The monoisotopic (exact) mass is 514 g/mol. The number of ketones is 1. The summed E-state index contributed by atoms with van der Waals surface area (Å²) in [5, 5.41) is 19.9. The minimum absolute atomic E-state index is 0.0131. The molecule has 1 aliphatic rings. The van der Waals surface area contributed by atoms with Crippen molar-refractivity contribution in [3.05, 3.63) is 106 Å². The molecule has 7 nitrogen and oxygen atoms in total. The molecule has 1 atom stereocenters. The molecule has 0 bridgehead atoms. The molecule has 0 aliphatic carbocycles. The Morgan fingerprint density at radius 1 is 0.944 bits per heavy atom. The van der Waals surface area contributed by atoms with Crippen LogP contribution in [0, 0.1) is 13.8 Å². The number of hydrogen-bond acceptors (Lipinski definition) is 8. The van der Waals surface area contributed by atoms with Gasteiger partial charge >= 0.3 is 5.91 Å². The van der Waals surface area contributed by atoms with Crippen LogP contribution in [-0.4, -0.2) is 32.0 Å². The van der Waals surface area contributed by atoms with E-state index >= 15 is 0 Å². The Balaban J connectivity index is 1.52. The molecular weight excluding hydrogens is 492 g/mol. The molecule has 1 aliphatic heterocycles. The van der Waals surface area contributed by atoms with E-state index in [1.54, 1.807) is 12.1 Å². The lowest BCUT2D eigenvalue weighted by molar-refractivity contribution is -0.132. The quantitative estimate of drug-likeness (QED) is 0.120. The van der Waals surface area contributed by atoms with E-state index < -0.39 is 17.7 Å². The average Bonchev–Trinajstić information content (AvgIpc) is 3.46. The van der Waals surface area contributed by atoms with Crippen LogP contribution in [-0.2, 0) is 15.3 Å². The number of carbonyl (C=O) groups excluding carboxylic acids is 2. The number of anilines is 1. The maximum Gasteiger partial charge on any atom is 0.301 e. The van der Waals surface area contributed by atoms with E-state index in [4.69, 9.17) is 0 Å². The summed E-state index contributed by atoms with van der Waals surface area (Å²) in [6, 6.07) is 18.1. The molecule has 5 rings (SSSR count). The number of Topliss-reactive ketones (excluding diaryl/α,β-unsaturated/α-hetero) is 1. The number of nitrogens with zero attached hydrogens (tertiary/aromatic N) is 4. The molecule has 4 aromatic rings. The van der Waals surface area contributed by atoms with Gasteiger partial charge in [0, 0.05) is 23.7 Å². The van der Waals surface area contributed by atoms with Gasteiger partial charge in [0.25, 0.3) is 5.78 Å². The van der Waals surface area contributed by atoms with Gasteiger partial charge in [0.15, 0.2) is 4.34 Å². The highest BCUT2D eigenvalue weighted by Gasteiger charge is 2.48. The molecule has 9 heteroatoms. The molecule has 1 saturated heterocycles. The van der Waals surface area contributed by atoms with E-state index in [1.165, 1.54) is 46.0 Å². The minimum Gasteiger partial charge on any atom is -0.507 e. The second kappa shape index (κ2) is 10.0. The lowest BCUT2D eigenvalue weighted by Gasteiger charge is -2.22. The Hall–Kier alpha value is -3.82. The molecule has 0 spiro atoms. The molecule has 3 heterocycles. The standard InChI is InChI=1S/C27H22N4O3S2/c1-16-3-7-18(8-4-16)15-35-27-30-29-26(36-27)31-22(19-9-5-17(2)6-10-19)21(24(33)25(31)34)23(32)20-11-13-28-14-12-20/h3-14,22,32H,15H2,1-2H3/b23-21+. The first kappa shape index (κ1) is 23.9. The van der Waals surface area contributed by atoms with Crippen LogP contribution in [0.1, 0.15) is 33.9 Å². The Labute approximate surface area is 216 Å². The van der Waals surface area contributed by atoms with Gasteiger partial charge in [-0.2, -0.15) is 0 Å². The van der Waals surface area contributed by atoms with E-state index in [-0.39, 0.29) is 11.3 Å². The second-order valence-corrected chi connectivity index (χ2v) is 10.6. The van der Waals surface area contributed by atoms with Crippen molar-refractivity contribution in [3.63, 3.8) is 0 Å². The molecule has 1 unspecified atom stereocenters. The fraction of sp³-hybridized carbons (Fsp3) is 0.148. The zero-order chi connectivity index (χ0) is 25.2. The minimum atomic E-state index is -0.832. The normalized spacial score (nSPS) is 17.1.